The Morgan fingerprint density at radius 2 is 1.63 bits per heavy atom. The molecule has 0 aromatic heterocycles. The van der Waals surface area contributed by atoms with E-state index in [9.17, 15) is 14.7 Å². The summed E-state index contributed by atoms with van der Waals surface area (Å²) in [4.78, 5) is 28.0. The van der Waals surface area contributed by atoms with Crippen LogP contribution in [0.4, 0.5) is 5.69 Å². The summed E-state index contributed by atoms with van der Waals surface area (Å²) in [5.74, 6) is -0.362. The second-order valence-electron chi connectivity index (χ2n) is 8.38. The monoisotopic (exact) mass is 471 g/mol. The molecule has 1 amide bonds. The lowest BCUT2D eigenvalue weighted by Crippen LogP contribution is -2.29. The number of hydrogen-bond donors (Lipinski definition) is 1. The average molecular weight is 472 g/mol. The molecule has 0 bridgehead atoms. The van der Waals surface area contributed by atoms with Gasteiger partial charge in [0.05, 0.1) is 24.8 Å². The maximum absolute atomic E-state index is 13.3. The predicted octanol–water partition coefficient (Wildman–Crippen LogP) is 5.81. The van der Waals surface area contributed by atoms with Crippen LogP contribution in [0.25, 0.3) is 5.76 Å². The Morgan fingerprint density at radius 3 is 2.29 bits per heavy atom. The maximum atomic E-state index is 13.3. The Hall–Kier alpha value is -4.06. The van der Waals surface area contributed by atoms with Gasteiger partial charge in [0, 0.05) is 11.3 Å². The smallest absolute Gasteiger partial charge is 0.300 e. The van der Waals surface area contributed by atoms with Crippen LogP contribution in [0.2, 0.25) is 0 Å². The van der Waals surface area contributed by atoms with Gasteiger partial charge in [0.25, 0.3) is 11.7 Å². The van der Waals surface area contributed by atoms with Crippen molar-refractivity contribution in [3.63, 3.8) is 0 Å². The molecule has 1 atom stereocenters. The molecule has 1 saturated heterocycles. The zero-order chi connectivity index (χ0) is 24.9. The van der Waals surface area contributed by atoms with E-state index >= 15 is 0 Å². The summed E-state index contributed by atoms with van der Waals surface area (Å²) in [6.07, 6.45) is 0.880. The fourth-order valence-electron chi connectivity index (χ4n) is 4.15. The fraction of sp³-hybridized carbons (Fsp3) is 0.241. The molecule has 4 rings (SSSR count). The van der Waals surface area contributed by atoms with Gasteiger partial charge in [0.15, 0.2) is 0 Å². The zero-order valence-corrected chi connectivity index (χ0v) is 20.2. The minimum atomic E-state index is -0.811. The molecule has 0 spiro atoms. The van der Waals surface area contributed by atoms with Crippen LogP contribution in [-0.2, 0) is 9.59 Å². The molecule has 0 aliphatic carbocycles. The van der Waals surface area contributed by atoms with E-state index in [4.69, 9.17) is 9.47 Å². The second kappa shape index (κ2) is 10.5. The number of benzene rings is 3. The normalized spacial score (nSPS) is 17.0. The number of aliphatic hydroxyl groups excluding tert-OH is 1. The van der Waals surface area contributed by atoms with Crippen LogP contribution in [0.5, 0.6) is 11.5 Å². The Labute approximate surface area is 205 Å². The Balaban J connectivity index is 1.85. The van der Waals surface area contributed by atoms with Gasteiger partial charge in [0.2, 0.25) is 0 Å². The lowest BCUT2D eigenvalue weighted by atomic mass is 9.95. The number of ketones is 1. The van der Waals surface area contributed by atoms with E-state index < -0.39 is 17.7 Å². The number of carbonyl (C=O) groups excluding carboxylic acids is 2. The van der Waals surface area contributed by atoms with Gasteiger partial charge in [-0.15, -0.1) is 0 Å². The Kier molecular flexibility index (Phi) is 7.20. The van der Waals surface area contributed by atoms with E-state index in [1.54, 1.807) is 42.5 Å². The first-order valence-corrected chi connectivity index (χ1v) is 11.8. The Morgan fingerprint density at radius 1 is 0.914 bits per heavy atom. The van der Waals surface area contributed by atoms with Crippen molar-refractivity contribution in [1.29, 1.82) is 0 Å². The summed E-state index contributed by atoms with van der Waals surface area (Å²) >= 11 is 0. The standard InChI is InChI=1S/C29H29NO5/c1-4-17-35-23-15-11-20(12-16-23)27(31)25-26(21-7-6-8-24(18-21)34-5-2)30(29(33)28(25)32)22-13-9-19(3)10-14-22/h6-16,18,26,31H,4-5,17H2,1-3H3/b27-25-. The largest absolute Gasteiger partial charge is 0.507 e. The molecule has 1 aliphatic heterocycles. The third-order valence-corrected chi connectivity index (χ3v) is 5.84. The van der Waals surface area contributed by atoms with Crippen LogP contribution in [0.15, 0.2) is 78.4 Å². The summed E-state index contributed by atoms with van der Waals surface area (Å²) in [5, 5.41) is 11.3. The number of aryl methyl sites for hydroxylation is 1. The molecule has 0 saturated carbocycles. The molecule has 6 heteroatoms. The molecule has 1 fully saturated rings. The minimum Gasteiger partial charge on any atom is -0.507 e. The number of hydrogen-bond acceptors (Lipinski definition) is 5. The number of Topliss-reactive ketones (excluding diaryl/α,β-unsaturated/α-hetero) is 1. The summed E-state index contributed by atoms with van der Waals surface area (Å²) in [6.45, 7) is 6.93. The van der Waals surface area contributed by atoms with E-state index in [-0.39, 0.29) is 11.3 Å². The van der Waals surface area contributed by atoms with Crippen molar-refractivity contribution in [2.24, 2.45) is 0 Å². The van der Waals surface area contributed by atoms with E-state index in [1.807, 2.05) is 51.1 Å². The molecule has 35 heavy (non-hydrogen) atoms. The van der Waals surface area contributed by atoms with E-state index in [2.05, 4.69) is 0 Å². The van der Waals surface area contributed by atoms with Crippen LogP contribution in [0.3, 0.4) is 0 Å². The molecule has 6 nitrogen and oxygen atoms in total. The van der Waals surface area contributed by atoms with Crippen LogP contribution >= 0.6 is 0 Å². The van der Waals surface area contributed by atoms with Crippen molar-refractivity contribution in [2.45, 2.75) is 33.2 Å². The van der Waals surface area contributed by atoms with Crippen LogP contribution in [0.1, 0.15) is 43.0 Å². The van der Waals surface area contributed by atoms with Crippen molar-refractivity contribution in [2.75, 3.05) is 18.1 Å². The molecular formula is C29H29NO5. The first-order chi connectivity index (χ1) is 16.9. The summed E-state index contributed by atoms with van der Waals surface area (Å²) in [7, 11) is 0. The molecule has 3 aromatic carbocycles. The van der Waals surface area contributed by atoms with Gasteiger partial charge in [-0.2, -0.15) is 0 Å². The highest BCUT2D eigenvalue weighted by atomic mass is 16.5. The van der Waals surface area contributed by atoms with Crippen molar-refractivity contribution in [1.82, 2.24) is 0 Å². The highest BCUT2D eigenvalue weighted by Gasteiger charge is 2.47. The quantitative estimate of drug-likeness (QED) is 0.255. The van der Waals surface area contributed by atoms with Gasteiger partial charge in [-0.25, -0.2) is 0 Å². The van der Waals surface area contributed by atoms with Crippen molar-refractivity contribution in [3.05, 3.63) is 95.1 Å². The first kappa shape index (κ1) is 24.1. The third-order valence-electron chi connectivity index (χ3n) is 5.84. The summed E-state index contributed by atoms with van der Waals surface area (Å²) in [6, 6.07) is 20.7. The number of amides is 1. The topological polar surface area (TPSA) is 76.1 Å². The highest BCUT2D eigenvalue weighted by molar-refractivity contribution is 6.51. The molecule has 1 heterocycles. The van der Waals surface area contributed by atoms with Gasteiger partial charge in [-0.3, -0.25) is 14.5 Å². The van der Waals surface area contributed by atoms with Crippen molar-refractivity contribution in [3.8, 4) is 11.5 Å². The lowest BCUT2D eigenvalue weighted by molar-refractivity contribution is -0.132. The van der Waals surface area contributed by atoms with E-state index in [1.165, 1.54) is 4.90 Å². The number of rotatable bonds is 8. The molecular weight excluding hydrogens is 442 g/mol. The summed E-state index contributed by atoms with van der Waals surface area (Å²) in [5.41, 5.74) is 2.74. The van der Waals surface area contributed by atoms with Crippen LogP contribution < -0.4 is 14.4 Å². The summed E-state index contributed by atoms with van der Waals surface area (Å²) < 4.78 is 11.3. The molecule has 1 N–H and O–H groups in total. The molecule has 3 aromatic rings. The van der Waals surface area contributed by atoms with Gasteiger partial charge in [0.1, 0.15) is 17.3 Å². The van der Waals surface area contributed by atoms with Crippen LogP contribution in [0, 0.1) is 6.92 Å². The van der Waals surface area contributed by atoms with E-state index in [0.717, 1.165) is 12.0 Å². The highest BCUT2D eigenvalue weighted by Crippen LogP contribution is 2.43. The number of aliphatic hydroxyl groups is 1. The van der Waals surface area contributed by atoms with E-state index in [0.29, 0.717) is 41.5 Å². The first-order valence-electron chi connectivity index (χ1n) is 11.8. The fourth-order valence-corrected chi connectivity index (χ4v) is 4.15. The number of carbonyl (C=O) groups is 2. The zero-order valence-electron chi connectivity index (χ0n) is 20.2. The van der Waals surface area contributed by atoms with Crippen LogP contribution in [-0.4, -0.2) is 30.0 Å². The van der Waals surface area contributed by atoms with Crippen molar-refractivity contribution < 1.29 is 24.2 Å². The maximum Gasteiger partial charge on any atom is 0.300 e. The Bertz CT molecular complexity index is 1240. The van der Waals surface area contributed by atoms with Gasteiger partial charge in [-0.05, 0) is 74.4 Å². The van der Waals surface area contributed by atoms with Gasteiger partial charge >= 0.3 is 0 Å². The molecule has 1 unspecified atom stereocenters. The third kappa shape index (κ3) is 4.92. The molecule has 0 radical (unpaired) electrons. The molecule has 1 aliphatic rings. The second-order valence-corrected chi connectivity index (χ2v) is 8.38. The van der Waals surface area contributed by atoms with Crippen molar-refractivity contribution >= 4 is 23.1 Å². The lowest BCUT2D eigenvalue weighted by Gasteiger charge is -2.26. The number of nitrogens with zero attached hydrogens (tertiary/aromatic N) is 1. The SMILES string of the molecule is CCCOc1ccc(/C(O)=C2/C(=O)C(=O)N(c3ccc(C)cc3)C2c2cccc(OCC)c2)cc1. The molecule has 180 valence electrons. The predicted molar refractivity (Wildman–Crippen MR) is 136 cm³/mol. The van der Waals surface area contributed by atoms with Gasteiger partial charge in [-0.1, -0.05) is 36.8 Å². The minimum absolute atomic E-state index is 0.0338. The number of ether oxygens (including phenoxy) is 2. The average Bonchev–Trinajstić information content (AvgIpc) is 3.14. The van der Waals surface area contributed by atoms with Gasteiger partial charge < -0.3 is 14.6 Å². The number of anilines is 1.